The fourth-order valence-corrected chi connectivity index (χ4v) is 4.20. The molecule has 0 unspecified atom stereocenters. The standard InChI is InChI=1S/C21H19F4N3OS/c22-14-10-15(23)19(25)20(18(14)24)28-17(29)7-8-30-21-13(11-26)9-12-5-3-1-2-4-6-16(12)27-21/h9-10H,1-8H2,(H,28,29). The van der Waals surface area contributed by atoms with Gasteiger partial charge in [0.25, 0.3) is 0 Å². The van der Waals surface area contributed by atoms with Crippen LogP contribution in [-0.2, 0) is 17.6 Å². The first kappa shape index (κ1) is 22.1. The Bertz CT molecular complexity index is 981. The van der Waals surface area contributed by atoms with Crippen molar-refractivity contribution < 1.29 is 22.4 Å². The van der Waals surface area contributed by atoms with Crippen LogP contribution >= 0.6 is 11.8 Å². The number of thioether (sulfide) groups is 1. The van der Waals surface area contributed by atoms with E-state index in [0.717, 1.165) is 49.8 Å². The highest BCUT2D eigenvalue weighted by Gasteiger charge is 2.21. The zero-order valence-corrected chi connectivity index (χ0v) is 16.9. The van der Waals surface area contributed by atoms with Gasteiger partial charge in [-0.15, -0.1) is 11.8 Å². The molecule has 0 spiro atoms. The fraction of sp³-hybridized carbons (Fsp3) is 0.381. The minimum atomic E-state index is -1.66. The van der Waals surface area contributed by atoms with Crippen molar-refractivity contribution in [3.63, 3.8) is 0 Å². The van der Waals surface area contributed by atoms with Crippen molar-refractivity contribution in [1.29, 1.82) is 5.26 Å². The van der Waals surface area contributed by atoms with Crippen LogP contribution in [0.4, 0.5) is 23.2 Å². The summed E-state index contributed by atoms with van der Waals surface area (Å²) in [5.41, 5.74) is 1.30. The Labute approximate surface area is 175 Å². The Morgan fingerprint density at radius 3 is 2.40 bits per heavy atom. The number of fused-ring (bicyclic) bond motifs is 1. The van der Waals surface area contributed by atoms with Crippen LogP contribution in [0.25, 0.3) is 0 Å². The number of aromatic nitrogens is 1. The first-order valence-electron chi connectivity index (χ1n) is 9.59. The van der Waals surface area contributed by atoms with Crippen molar-refractivity contribution in [2.24, 2.45) is 0 Å². The summed E-state index contributed by atoms with van der Waals surface area (Å²) in [5, 5.41) is 11.8. The van der Waals surface area contributed by atoms with Gasteiger partial charge in [-0.1, -0.05) is 12.8 Å². The Morgan fingerprint density at radius 1 is 1.07 bits per heavy atom. The molecule has 158 valence electrons. The molecule has 3 rings (SSSR count). The van der Waals surface area contributed by atoms with Gasteiger partial charge in [0.2, 0.25) is 5.91 Å². The molecule has 0 radical (unpaired) electrons. The fourth-order valence-electron chi connectivity index (χ4n) is 3.28. The third kappa shape index (κ3) is 5.11. The van der Waals surface area contributed by atoms with Gasteiger partial charge in [-0.3, -0.25) is 4.79 Å². The van der Waals surface area contributed by atoms with Crippen molar-refractivity contribution in [1.82, 2.24) is 4.98 Å². The molecule has 1 amide bonds. The zero-order valence-electron chi connectivity index (χ0n) is 16.0. The number of hydrogen-bond acceptors (Lipinski definition) is 4. The molecule has 4 nitrogen and oxygen atoms in total. The number of hydrogen-bond donors (Lipinski definition) is 1. The molecule has 1 aromatic heterocycles. The zero-order chi connectivity index (χ0) is 21.7. The van der Waals surface area contributed by atoms with E-state index in [1.807, 2.05) is 11.4 Å². The van der Waals surface area contributed by atoms with Crippen LogP contribution in [0.3, 0.4) is 0 Å². The van der Waals surface area contributed by atoms with Crippen LogP contribution in [0.5, 0.6) is 0 Å². The van der Waals surface area contributed by atoms with Crippen LogP contribution in [-0.4, -0.2) is 16.6 Å². The summed E-state index contributed by atoms with van der Waals surface area (Å²) in [5.74, 6) is -7.15. The number of aryl methyl sites for hydroxylation is 2. The highest BCUT2D eigenvalue weighted by atomic mass is 32.2. The quantitative estimate of drug-likeness (QED) is 0.392. The normalized spacial score (nSPS) is 13.7. The molecule has 0 atom stereocenters. The summed E-state index contributed by atoms with van der Waals surface area (Å²) in [6.07, 6.45) is 5.90. The lowest BCUT2D eigenvalue weighted by molar-refractivity contribution is -0.115. The van der Waals surface area contributed by atoms with Crippen LogP contribution in [0.15, 0.2) is 17.2 Å². The average molecular weight is 437 g/mol. The first-order chi connectivity index (χ1) is 14.4. The molecule has 9 heteroatoms. The predicted octanol–water partition coefficient (Wildman–Crippen LogP) is 5.29. The van der Waals surface area contributed by atoms with E-state index in [-0.39, 0.29) is 18.2 Å². The van der Waals surface area contributed by atoms with Gasteiger partial charge in [0.05, 0.1) is 5.56 Å². The number of carbonyl (C=O) groups excluding carboxylic acids is 1. The monoisotopic (exact) mass is 437 g/mol. The van der Waals surface area contributed by atoms with Crippen LogP contribution < -0.4 is 5.32 Å². The minimum Gasteiger partial charge on any atom is -0.321 e. The molecular weight excluding hydrogens is 418 g/mol. The molecule has 1 aromatic carbocycles. The second kappa shape index (κ2) is 9.94. The lowest BCUT2D eigenvalue weighted by Crippen LogP contribution is -2.16. The van der Waals surface area contributed by atoms with Gasteiger partial charge in [-0.25, -0.2) is 22.5 Å². The topological polar surface area (TPSA) is 65.8 Å². The van der Waals surface area contributed by atoms with Gasteiger partial charge < -0.3 is 5.32 Å². The summed E-state index contributed by atoms with van der Waals surface area (Å²) in [6, 6.07) is 4.04. The van der Waals surface area contributed by atoms with E-state index in [1.165, 1.54) is 11.8 Å². The summed E-state index contributed by atoms with van der Waals surface area (Å²) >= 11 is 1.18. The minimum absolute atomic E-state index is 0.0750. The van der Waals surface area contributed by atoms with Gasteiger partial charge in [0.1, 0.15) is 16.8 Å². The smallest absolute Gasteiger partial charge is 0.225 e. The lowest BCUT2D eigenvalue weighted by Gasteiger charge is -2.15. The molecule has 0 saturated carbocycles. The number of pyridine rings is 1. The number of amides is 1. The summed E-state index contributed by atoms with van der Waals surface area (Å²) in [6.45, 7) is 0. The van der Waals surface area contributed by atoms with Crippen molar-refractivity contribution in [3.8, 4) is 6.07 Å². The number of halogens is 4. The van der Waals surface area contributed by atoms with Crippen molar-refractivity contribution >= 4 is 23.4 Å². The van der Waals surface area contributed by atoms with Crippen molar-refractivity contribution in [2.75, 3.05) is 11.1 Å². The second-order valence-corrected chi connectivity index (χ2v) is 8.05. The molecule has 0 aliphatic heterocycles. The Balaban J connectivity index is 1.66. The number of rotatable bonds is 5. The molecule has 2 aromatic rings. The summed E-state index contributed by atoms with van der Waals surface area (Å²) in [7, 11) is 0. The number of nitrogens with zero attached hydrogens (tertiary/aromatic N) is 2. The van der Waals surface area contributed by atoms with Crippen LogP contribution in [0.1, 0.15) is 48.9 Å². The maximum Gasteiger partial charge on any atom is 0.225 e. The van der Waals surface area contributed by atoms with Crippen LogP contribution in [0.2, 0.25) is 0 Å². The molecule has 0 fully saturated rings. The predicted molar refractivity (Wildman–Crippen MR) is 105 cm³/mol. The molecule has 0 bridgehead atoms. The number of anilines is 1. The van der Waals surface area contributed by atoms with E-state index in [1.54, 1.807) is 0 Å². The van der Waals surface area contributed by atoms with E-state index in [0.29, 0.717) is 10.6 Å². The third-order valence-corrected chi connectivity index (χ3v) is 5.82. The SMILES string of the molecule is N#Cc1cc2c(nc1SCCC(=O)Nc1c(F)c(F)cc(F)c1F)CCCCCC2. The largest absolute Gasteiger partial charge is 0.321 e. The Kier molecular flexibility index (Phi) is 7.32. The van der Waals surface area contributed by atoms with E-state index >= 15 is 0 Å². The summed E-state index contributed by atoms with van der Waals surface area (Å²) in [4.78, 5) is 16.6. The van der Waals surface area contributed by atoms with Crippen molar-refractivity contribution in [3.05, 3.63) is 52.2 Å². The highest BCUT2D eigenvalue weighted by Crippen LogP contribution is 2.28. The van der Waals surface area contributed by atoms with E-state index in [9.17, 15) is 27.6 Å². The van der Waals surface area contributed by atoms with Gasteiger partial charge in [-0.05, 0) is 37.3 Å². The number of nitriles is 1. The first-order valence-corrected chi connectivity index (χ1v) is 10.6. The van der Waals surface area contributed by atoms with Gasteiger partial charge in [-0.2, -0.15) is 5.26 Å². The molecule has 1 aliphatic carbocycles. The van der Waals surface area contributed by atoms with Crippen LogP contribution in [0, 0.1) is 34.6 Å². The van der Waals surface area contributed by atoms with E-state index in [2.05, 4.69) is 11.1 Å². The van der Waals surface area contributed by atoms with Crippen molar-refractivity contribution in [2.45, 2.75) is 50.0 Å². The number of carbonyl (C=O) groups is 1. The van der Waals surface area contributed by atoms with Gasteiger partial charge in [0.15, 0.2) is 23.3 Å². The van der Waals surface area contributed by atoms with E-state index in [4.69, 9.17) is 0 Å². The number of nitrogens with one attached hydrogen (secondary N) is 1. The molecule has 1 N–H and O–H groups in total. The molecule has 0 saturated heterocycles. The highest BCUT2D eigenvalue weighted by molar-refractivity contribution is 7.99. The average Bonchev–Trinajstić information content (AvgIpc) is 2.70. The van der Waals surface area contributed by atoms with E-state index < -0.39 is 34.9 Å². The Hall–Kier alpha value is -2.60. The Morgan fingerprint density at radius 2 is 1.73 bits per heavy atom. The molecule has 1 aliphatic rings. The van der Waals surface area contributed by atoms with Gasteiger partial charge >= 0.3 is 0 Å². The summed E-state index contributed by atoms with van der Waals surface area (Å²) < 4.78 is 53.8. The molecule has 30 heavy (non-hydrogen) atoms. The third-order valence-electron chi connectivity index (χ3n) is 4.83. The van der Waals surface area contributed by atoms with Gasteiger partial charge in [0, 0.05) is 23.9 Å². The lowest BCUT2D eigenvalue weighted by atomic mass is 9.96. The molecular formula is C21H19F4N3OS. The number of benzene rings is 1. The second-order valence-electron chi connectivity index (χ2n) is 6.96. The molecule has 1 heterocycles. The maximum absolute atomic E-state index is 13.7. The maximum atomic E-state index is 13.7.